The maximum atomic E-state index is 11.1. The molecule has 1 saturated carbocycles. The quantitative estimate of drug-likeness (QED) is 0.207. The van der Waals surface area contributed by atoms with Gasteiger partial charge < -0.3 is 24.4 Å². The fraction of sp³-hybridized carbons (Fsp3) is 0.353. The minimum Gasteiger partial charge on any atom is -0.479 e. The monoisotopic (exact) mass is 694 g/mol. The Hall–Kier alpha value is -2.82. The largest absolute Gasteiger partial charge is 0.479 e. The molecule has 2 aliphatic carbocycles. The highest BCUT2D eigenvalue weighted by molar-refractivity contribution is 7.59. The van der Waals surface area contributed by atoms with Gasteiger partial charge >= 0.3 is 11.9 Å². The molecule has 5 rings (SSSR count). The van der Waals surface area contributed by atoms with Crippen molar-refractivity contribution in [2.24, 2.45) is 0 Å². The molecule has 45 heavy (non-hydrogen) atoms. The van der Waals surface area contributed by atoms with Crippen molar-refractivity contribution in [3.05, 3.63) is 99.5 Å². The first kappa shape index (κ1) is 38.4. The van der Waals surface area contributed by atoms with Crippen LogP contribution in [-0.2, 0) is 20.9 Å². The number of hydrogen-bond acceptors (Lipinski definition) is 5. The summed E-state index contributed by atoms with van der Waals surface area (Å²) in [5.74, 6) is -0.652. The Bertz CT molecular complexity index is 1450. The number of ether oxygens (including phenoxy) is 3. The Kier molecular flexibility index (Phi) is 15.6. The molecule has 3 aromatic carbocycles. The highest BCUT2D eigenvalue weighted by Gasteiger charge is 2.35. The number of benzene rings is 3. The van der Waals surface area contributed by atoms with E-state index in [1.165, 1.54) is 19.4 Å². The van der Waals surface area contributed by atoms with Gasteiger partial charge in [0.1, 0.15) is 11.5 Å². The number of hydrogen-bond donors (Lipinski definition) is 2. The summed E-state index contributed by atoms with van der Waals surface area (Å²) in [5, 5.41) is 19.2. The fourth-order valence-corrected chi connectivity index (χ4v) is 5.32. The molecule has 11 heteroatoms. The number of aliphatic carboxylic acids is 2. The minimum atomic E-state index is -0.994. The summed E-state index contributed by atoms with van der Waals surface area (Å²) in [4.78, 5) is 21.9. The molecule has 2 N–H and O–H groups in total. The van der Waals surface area contributed by atoms with Gasteiger partial charge in [-0.2, -0.15) is 27.0 Å². The van der Waals surface area contributed by atoms with Crippen molar-refractivity contribution in [2.75, 3.05) is 0 Å². The maximum Gasteiger partial charge on any atom is 0.344 e. The molecule has 4 atom stereocenters. The zero-order valence-electron chi connectivity index (χ0n) is 25.2. The summed E-state index contributed by atoms with van der Waals surface area (Å²) >= 11 is 12.1. The first-order valence-corrected chi connectivity index (χ1v) is 15.1. The van der Waals surface area contributed by atoms with Crippen molar-refractivity contribution in [2.45, 2.75) is 76.8 Å². The molecule has 0 radical (unpaired) electrons. The second kappa shape index (κ2) is 18.4. The Morgan fingerprint density at radius 1 is 0.844 bits per heavy atom. The summed E-state index contributed by atoms with van der Waals surface area (Å²) in [6.45, 7) is 3.60. The van der Waals surface area contributed by atoms with Crippen molar-refractivity contribution >= 4 is 67.7 Å². The van der Waals surface area contributed by atoms with Crippen LogP contribution < -0.4 is 9.47 Å². The molecule has 0 aromatic heterocycles. The van der Waals surface area contributed by atoms with Crippen LogP contribution >= 0.6 is 50.2 Å². The number of carboxylic acids is 2. The van der Waals surface area contributed by atoms with E-state index in [-0.39, 0.29) is 39.0 Å². The van der Waals surface area contributed by atoms with E-state index in [1.54, 1.807) is 24.3 Å². The van der Waals surface area contributed by atoms with Crippen molar-refractivity contribution in [1.82, 2.24) is 0 Å². The van der Waals surface area contributed by atoms with Crippen molar-refractivity contribution < 1.29 is 34.0 Å². The van der Waals surface area contributed by atoms with E-state index in [4.69, 9.17) is 47.6 Å². The number of carboxylic acid groups (broad SMARTS) is 2. The van der Waals surface area contributed by atoms with Gasteiger partial charge in [-0.05, 0) is 93.5 Å². The second-order valence-corrected chi connectivity index (χ2v) is 11.5. The summed E-state index contributed by atoms with van der Waals surface area (Å²) in [6, 6.07) is 20.6. The van der Waals surface area contributed by atoms with Crippen LogP contribution in [0.1, 0.15) is 68.6 Å². The fourth-order valence-electron chi connectivity index (χ4n) is 4.97. The predicted molar refractivity (Wildman–Crippen MR) is 188 cm³/mol. The molecular formula is C34H40Cl2O7S2. The summed E-state index contributed by atoms with van der Waals surface area (Å²) < 4.78 is 17.2. The maximum absolute atomic E-state index is 11.1. The number of halogens is 2. The summed E-state index contributed by atoms with van der Waals surface area (Å²) in [5.41, 5.74) is 4.15. The van der Waals surface area contributed by atoms with Crippen LogP contribution in [0.3, 0.4) is 0 Å². The van der Waals surface area contributed by atoms with E-state index in [0.717, 1.165) is 48.8 Å². The molecule has 0 saturated heterocycles. The van der Waals surface area contributed by atoms with Gasteiger partial charge in [-0.15, -0.1) is 0 Å². The predicted octanol–water partition coefficient (Wildman–Crippen LogP) is 8.64. The average molecular weight is 696 g/mol. The van der Waals surface area contributed by atoms with Crippen molar-refractivity contribution in [3.63, 3.8) is 0 Å². The molecule has 0 spiro atoms. The first-order valence-electron chi connectivity index (χ1n) is 14.3. The molecule has 2 aliphatic rings. The van der Waals surface area contributed by atoms with Crippen LogP contribution in [0.2, 0.25) is 10.0 Å². The van der Waals surface area contributed by atoms with E-state index in [2.05, 4.69) is 6.08 Å². The first-order chi connectivity index (χ1) is 20.6. The Balaban J connectivity index is 0.000000315. The Morgan fingerprint density at radius 2 is 1.44 bits per heavy atom. The summed E-state index contributed by atoms with van der Waals surface area (Å²) in [7, 11) is 0. The van der Waals surface area contributed by atoms with Gasteiger partial charge in [0.2, 0.25) is 0 Å². The smallest absolute Gasteiger partial charge is 0.344 e. The molecule has 244 valence electrons. The number of rotatable bonds is 11. The van der Waals surface area contributed by atoms with Gasteiger partial charge in [0.15, 0.2) is 12.2 Å². The van der Waals surface area contributed by atoms with E-state index in [9.17, 15) is 9.59 Å². The molecule has 2 unspecified atom stereocenters. The van der Waals surface area contributed by atoms with Gasteiger partial charge in [0.05, 0.1) is 12.7 Å². The molecule has 7 nitrogen and oxygen atoms in total. The number of carbonyl (C=O) groups is 2. The highest BCUT2D eigenvalue weighted by atomic mass is 35.5. The molecule has 1 fully saturated rings. The lowest BCUT2D eigenvalue weighted by Crippen LogP contribution is -2.33. The van der Waals surface area contributed by atoms with E-state index in [0.29, 0.717) is 28.2 Å². The van der Waals surface area contributed by atoms with Gasteiger partial charge in [0.25, 0.3) is 0 Å². The van der Waals surface area contributed by atoms with Crippen LogP contribution in [0, 0.1) is 0 Å². The number of allylic oxidation sites excluding steroid dienone is 2. The SMILES string of the molecule is C[C@H](Oc1ccc(Cl)cc1C1=CCCC1)C(=O)O.C[C@H](Oc1ccc(Cl)cc1C1CCC1OCc1ccccc1)C(=O)O.S.S. The van der Waals surface area contributed by atoms with Crippen molar-refractivity contribution in [1.29, 1.82) is 0 Å². The molecule has 0 amide bonds. The van der Waals surface area contributed by atoms with Gasteiger partial charge in [-0.25, -0.2) is 9.59 Å². The van der Waals surface area contributed by atoms with E-state index in [1.807, 2.05) is 42.5 Å². The van der Waals surface area contributed by atoms with Gasteiger partial charge in [-0.3, -0.25) is 0 Å². The van der Waals surface area contributed by atoms with E-state index >= 15 is 0 Å². The zero-order valence-corrected chi connectivity index (χ0v) is 28.7. The zero-order chi connectivity index (χ0) is 30.9. The second-order valence-electron chi connectivity index (χ2n) is 10.7. The Morgan fingerprint density at radius 3 is 2.00 bits per heavy atom. The third-order valence-corrected chi connectivity index (χ3v) is 7.99. The lowest BCUT2D eigenvalue weighted by Gasteiger charge is -2.37. The van der Waals surface area contributed by atoms with Crippen LogP contribution in [0.4, 0.5) is 0 Å². The molecular weight excluding hydrogens is 655 g/mol. The molecule has 0 aliphatic heterocycles. The third-order valence-electron chi connectivity index (χ3n) is 7.52. The lowest BCUT2D eigenvalue weighted by atomic mass is 9.76. The van der Waals surface area contributed by atoms with Crippen LogP contribution in [0.15, 0.2) is 72.8 Å². The molecule has 0 heterocycles. The van der Waals surface area contributed by atoms with Crippen molar-refractivity contribution in [3.8, 4) is 11.5 Å². The van der Waals surface area contributed by atoms with E-state index < -0.39 is 24.1 Å². The van der Waals surface area contributed by atoms with Crippen LogP contribution in [-0.4, -0.2) is 40.5 Å². The molecule has 0 bridgehead atoms. The normalized spacial score (nSPS) is 17.9. The lowest BCUT2D eigenvalue weighted by molar-refractivity contribution is -0.145. The molecule has 3 aromatic rings. The van der Waals surface area contributed by atoms with Gasteiger partial charge in [0, 0.05) is 27.1 Å². The average Bonchev–Trinajstić information content (AvgIpc) is 3.51. The van der Waals surface area contributed by atoms with Gasteiger partial charge in [-0.1, -0.05) is 59.6 Å². The Labute approximate surface area is 288 Å². The highest BCUT2D eigenvalue weighted by Crippen LogP contribution is 2.44. The van der Waals surface area contributed by atoms with Crippen LogP contribution in [0.5, 0.6) is 11.5 Å². The standard InChI is InChI=1S/C20H21ClO4.C14H15ClO3.2H2S/c1-13(20(22)23)25-19-9-7-15(21)11-17(19)16-8-10-18(16)24-12-14-5-3-2-4-6-14;1-9(14(16)17)18-13-7-6-11(15)8-12(13)10-4-2-3-5-10;;/h2-7,9,11,13,16,18H,8,10,12H2,1H3,(H,22,23);4,6-9H,2-3,5H2,1H3,(H,16,17);2*1H2/t13-,16?,18?;9-;;/m00../s1. The summed E-state index contributed by atoms with van der Waals surface area (Å²) in [6.07, 6.45) is 5.56. The van der Waals surface area contributed by atoms with Crippen LogP contribution in [0.25, 0.3) is 5.57 Å². The topological polar surface area (TPSA) is 102 Å². The third kappa shape index (κ3) is 10.9. The minimum absolute atomic E-state index is 0.